The van der Waals surface area contributed by atoms with Crippen LogP contribution >= 0.6 is 0 Å². The van der Waals surface area contributed by atoms with E-state index in [-0.39, 0.29) is 5.54 Å². The van der Waals surface area contributed by atoms with Crippen LogP contribution in [-0.2, 0) is 5.54 Å². The summed E-state index contributed by atoms with van der Waals surface area (Å²) >= 11 is 0. The smallest absolute Gasteiger partial charge is 0.217 e. The first kappa shape index (κ1) is 20.8. The standard InChI is InChI=1S/C30H41N2/c1-22-12-6-11-19-27(22)31-23(2)28-20-21-30(26-17-9-10-18-26,25-15-4-3-5-16-25)32(28)29(31)24-13-7-8-14-24/h6,11-12,19-21,24-26H,3-5,7-10,13-18H2,1-2H3/q+1. The predicted octanol–water partition coefficient (Wildman–Crippen LogP) is 7.53. The number of rotatable bonds is 4. The van der Waals surface area contributed by atoms with Gasteiger partial charge in [0.05, 0.1) is 5.92 Å². The van der Waals surface area contributed by atoms with E-state index in [1.54, 1.807) is 5.82 Å². The zero-order valence-corrected chi connectivity index (χ0v) is 20.3. The van der Waals surface area contributed by atoms with Crippen LogP contribution in [0.15, 0.2) is 30.3 Å². The fourth-order valence-corrected chi connectivity index (χ4v) is 8.15. The normalized spacial score (nSPS) is 26.9. The summed E-state index contributed by atoms with van der Waals surface area (Å²) in [6.45, 7) is 4.69. The highest BCUT2D eigenvalue weighted by atomic mass is 15.2. The molecule has 0 saturated heterocycles. The summed E-state index contributed by atoms with van der Waals surface area (Å²) in [5.74, 6) is 3.98. The molecule has 3 saturated carbocycles. The summed E-state index contributed by atoms with van der Waals surface area (Å²) in [4.78, 5) is 0. The number of para-hydroxylation sites is 1. The van der Waals surface area contributed by atoms with E-state index in [0.29, 0.717) is 5.92 Å². The third-order valence-electron chi connectivity index (χ3n) is 9.65. The minimum atomic E-state index is 0.225. The van der Waals surface area contributed by atoms with E-state index < -0.39 is 0 Å². The molecule has 3 fully saturated rings. The Hall–Kier alpha value is -1.83. The Bertz CT molecular complexity index is 1010. The van der Waals surface area contributed by atoms with Gasteiger partial charge in [-0.2, -0.15) is 4.57 Å². The molecule has 0 spiro atoms. The lowest BCUT2D eigenvalue weighted by molar-refractivity contribution is -0.773. The maximum atomic E-state index is 2.97. The number of aryl methyl sites for hydroxylation is 1. The van der Waals surface area contributed by atoms with Crippen molar-refractivity contribution in [3.05, 3.63) is 53.1 Å². The molecule has 3 aliphatic carbocycles. The highest BCUT2D eigenvalue weighted by Crippen LogP contribution is 2.51. The van der Waals surface area contributed by atoms with Gasteiger partial charge >= 0.3 is 0 Å². The van der Waals surface area contributed by atoms with Gasteiger partial charge in [-0.3, -0.25) is 0 Å². The van der Waals surface area contributed by atoms with Gasteiger partial charge in [0.2, 0.25) is 0 Å². The summed E-state index contributed by atoms with van der Waals surface area (Å²) in [5, 5.41) is 0. The van der Waals surface area contributed by atoms with Gasteiger partial charge in [0.25, 0.3) is 5.82 Å². The van der Waals surface area contributed by atoms with Crippen molar-refractivity contribution in [2.45, 2.75) is 109 Å². The Kier molecular flexibility index (Phi) is 5.31. The lowest BCUT2D eigenvalue weighted by atomic mass is 9.67. The van der Waals surface area contributed by atoms with Crippen LogP contribution < -0.4 is 4.57 Å². The second-order valence-corrected chi connectivity index (χ2v) is 11.3. The van der Waals surface area contributed by atoms with Crippen LogP contribution in [0.1, 0.15) is 112 Å². The summed E-state index contributed by atoms with van der Waals surface area (Å²) in [6.07, 6.45) is 23.6. The number of aromatic nitrogens is 2. The number of allylic oxidation sites excluding steroid dienone is 1. The first-order chi connectivity index (χ1) is 15.7. The van der Waals surface area contributed by atoms with Crippen molar-refractivity contribution in [3.63, 3.8) is 0 Å². The third-order valence-corrected chi connectivity index (χ3v) is 9.65. The molecule has 1 aromatic carbocycles. The fraction of sp³-hybridized carbons (Fsp3) is 0.633. The Labute approximate surface area is 194 Å². The number of hydrogen-bond donors (Lipinski definition) is 0. The number of imidazole rings is 1. The van der Waals surface area contributed by atoms with Crippen molar-refractivity contribution >= 4 is 6.08 Å². The molecule has 1 unspecified atom stereocenters. The molecule has 0 radical (unpaired) electrons. The molecule has 170 valence electrons. The number of fused-ring (bicyclic) bond motifs is 1. The van der Waals surface area contributed by atoms with Crippen LogP contribution in [-0.4, -0.2) is 4.57 Å². The molecular weight excluding hydrogens is 388 g/mol. The molecule has 0 amide bonds. The molecule has 2 heteroatoms. The second kappa shape index (κ2) is 8.19. The molecule has 1 aromatic heterocycles. The zero-order chi connectivity index (χ0) is 21.7. The Morgan fingerprint density at radius 2 is 1.38 bits per heavy atom. The van der Waals surface area contributed by atoms with Gasteiger partial charge in [0.15, 0.2) is 11.4 Å². The Balaban J connectivity index is 1.62. The second-order valence-electron chi connectivity index (χ2n) is 11.3. The monoisotopic (exact) mass is 429 g/mol. The van der Waals surface area contributed by atoms with E-state index in [2.05, 4.69) is 59.4 Å². The maximum absolute atomic E-state index is 2.97. The van der Waals surface area contributed by atoms with Gasteiger partial charge in [-0.1, -0.05) is 63.1 Å². The molecule has 1 aliphatic heterocycles. The first-order valence-electron chi connectivity index (χ1n) is 13.6. The van der Waals surface area contributed by atoms with Crippen LogP contribution in [0.3, 0.4) is 0 Å². The van der Waals surface area contributed by atoms with Crippen molar-refractivity contribution in [1.29, 1.82) is 0 Å². The topological polar surface area (TPSA) is 8.81 Å². The van der Waals surface area contributed by atoms with Crippen molar-refractivity contribution < 1.29 is 4.57 Å². The first-order valence-corrected chi connectivity index (χ1v) is 13.6. The van der Waals surface area contributed by atoms with Gasteiger partial charge in [-0.15, -0.1) is 0 Å². The average molecular weight is 430 g/mol. The fourth-order valence-electron chi connectivity index (χ4n) is 8.15. The lowest BCUT2D eigenvalue weighted by Crippen LogP contribution is -2.64. The summed E-state index contributed by atoms with van der Waals surface area (Å²) in [5.41, 5.74) is 6.02. The number of benzene rings is 1. The van der Waals surface area contributed by atoms with E-state index in [4.69, 9.17) is 0 Å². The lowest BCUT2D eigenvalue weighted by Gasteiger charge is -2.42. The zero-order valence-electron chi connectivity index (χ0n) is 20.3. The number of hydrogen-bond acceptors (Lipinski definition) is 0. The molecule has 0 N–H and O–H groups in total. The van der Waals surface area contributed by atoms with Gasteiger partial charge < -0.3 is 0 Å². The van der Waals surface area contributed by atoms with Crippen molar-refractivity contribution in [2.75, 3.05) is 0 Å². The van der Waals surface area contributed by atoms with Crippen molar-refractivity contribution in [1.82, 2.24) is 4.57 Å². The van der Waals surface area contributed by atoms with Crippen LogP contribution in [0.4, 0.5) is 0 Å². The Morgan fingerprint density at radius 3 is 2.03 bits per heavy atom. The van der Waals surface area contributed by atoms with Gasteiger partial charge in [0, 0.05) is 18.8 Å². The molecule has 2 nitrogen and oxygen atoms in total. The number of nitrogens with zero attached hydrogens (tertiary/aromatic N) is 2. The van der Waals surface area contributed by atoms with E-state index in [0.717, 1.165) is 11.8 Å². The molecule has 0 bridgehead atoms. The van der Waals surface area contributed by atoms with E-state index in [9.17, 15) is 0 Å². The van der Waals surface area contributed by atoms with Crippen LogP contribution in [0.2, 0.25) is 0 Å². The van der Waals surface area contributed by atoms with Gasteiger partial charge in [-0.25, -0.2) is 4.57 Å². The van der Waals surface area contributed by atoms with E-state index >= 15 is 0 Å². The minimum absolute atomic E-state index is 0.225. The highest BCUT2D eigenvalue weighted by Gasteiger charge is 2.56. The third kappa shape index (κ3) is 3.01. The average Bonchev–Trinajstić information content (AvgIpc) is 3.61. The van der Waals surface area contributed by atoms with E-state index in [1.165, 1.54) is 106 Å². The highest BCUT2D eigenvalue weighted by molar-refractivity contribution is 5.54. The SMILES string of the molecule is Cc1ccccc1-n1c(C)c2[n+](c1C1CCCC1)C(C1CCCCC1)(C1CCCC1)C=C2. The molecule has 32 heavy (non-hydrogen) atoms. The molecule has 4 aliphatic rings. The summed E-state index contributed by atoms with van der Waals surface area (Å²) in [6, 6.07) is 9.08. The minimum Gasteiger partial charge on any atom is -0.217 e. The van der Waals surface area contributed by atoms with Crippen LogP contribution in [0.25, 0.3) is 11.8 Å². The summed E-state index contributed by atoms with van der Waals surface area (Å²) < 4.78 is 5.67. The Morgan fingerprint density at radius 1 is 0.781 bits per heavy atom. The van der Waals surface area contributed by atoms with Crippen LogP contribution in [0, 0.1) is 25.7 Å². The molecule has 2 heterocycles. The molecule has 2 aromatic rings. The molecule has 6 rings (SSSR count). The predicted molar refractivity (Wildman–Crippen MR) is 132 cm³/mol. The van der Waals surface area contributed by atoms with Crippen LogP contribution in [0.5, 0.6) is 0 Å². The van der Waals surface area contributed by atoms with Gasteiger partial charge in [0.1, 0.15) is 11.2 Å². The van der Waals surface area contributed by atoms with E-state index in [1.807, 2.05) is 0 Å². The maximum Gasteiger partial charge on any atom is 0.266 e. The summed E-state index contributed by atoms with van der Waals surface area (Å²) in [7, 11) is 0. The quantitative estimate of drug-likeness (QED) is 0.444. The molecule has 1 atom stereocenters. The largest absolute Gasteiger partial charge is 0.266 e. The van der Waals surface area contributed by atoms with Crippen molar-refractivity contribution in [3.8, 4) is 5.69 Å². The van der Waals surface area contributed by atoms with Gasteiger partial charge in [-0.05, 0) is 69.2 Å². The molecular formula is C30H41N2+. The van der Waals surface area contributed by atoms with Crippen molar-refractivity contribution in [2.24, 2.45) is 11.8 Å².